The van der Waals surface area contributed by atoms with Crippen molar-refractivity contribution in [2.45, 2.75) is 56.3 Å². The molecular formula is C28H30N2O10. The summed E-state index contributed by atoms with van der Waals surface area (Å²) in [5.74, 6) is -2.79. The topological polar surface area (TPSA) is 178 Å². The summed E-state index contributed by atoms with van der Waals surface area (Å²) in [5, 5.41) is 40.2. The van der Waals surface area contributed by atoms with Crippen molar-refractivity contribution in [2.75, 3.05) is 7.11 Å². The lowest BCUT2D eigenvalue weighted by Crippen LogP contribution is -2.61. The number of aryl methyl sites for hydroxylation is 2. The van der Waals surface area contributed by atoms with Gasteiger partial charge in [0.05, 0.1) is 0 Å². The molecular weight excluding hydrogens is 524 g/mol. The SMILES string of the molecule is COC(c1ccccc1)(c1ccccc1)C(Oc1nc(C)cc(C)n1)C(=O)O[C@@H]1OC(C(=O)O)[C@@H](O)C(O)[C@@H]1O. The Morgan fingerprint density at radius 1 is 0.875 bits per heavy atom. The van der Waals surface area contributed by atoms with Gasteiger partial charge in [-0.3, -0.25) is 0 Å². The molecule has 12 heteroatoms. The Kier molecular flexibility index (Phi) is 8.76. The van der Waals surface area contributed by atoms with Gasteiger partial charge in [0.25, 0.3) is 0 Å². The van der Waals surface area contributed by atoms with Gasteiger partial charge >= 0.3 is 17.9 Å². The van der Waals surface area contributed by atoms with Crippen LogP contribution in [-0.2, 0) is 29.4 Å². The van der Waals surface area contributed by atoms with Gasteiger partial charge in [0.15, 0.2) is 11.7 Å². The minimum Gasteiger partial charge on any atom is -0.479 e. The molecule has 40 heavy (non-hydrogen) atoms. The lowest BCUT2D eigenvalue weighted by Gasteiger charge is -2.41. The van der Waals surface area contributed by atoms with Crippen LogP contribution in [0.1, 0.15) is 22.5 Å². The average Bonchev–Trinajstić information content (AvgIpc) is 2.94. The number of aromatic nitrogens is 2. The first-order chi connectivity index (χ1) is 19.1. The molecule has 0 amide bonds. The summed E-state index contributed by atoms with van der Waals surface area (Å²) < 4.78 is 22.8. The highest BCUT2D eigenvalue weighted by Gasteiger charge is 2.53. The van der Waals surface area contributed by atoms with Crippen LogP contribution in [-0.4, -0.2) is 86.3 Å². The van der Waals surface area contributed by atoms with Crippen molar-refractivity contribution >= 4 is 11.9 Å². The molecule has 0 saturated carbocycles. The van der Waals surface area contributed by atoms with E-state index < -0.39 is 54.3 Å². The summed E-state index contributed by atoms with van der Waals surface area (Å²) in [5.41, 5.74) is 0.414. The van der Waals surface area contributed by atoms with Crippen LogP contribution in [0.15, 0.2) is 66.7 Å². The van der Waals surface area contributed by atoms with Crippen LogP contribution < -0.4 is 4.74 Å². The van der Waals surface area contributed by atoms with Crippen molar-refractivity contribution in [3.8, 4) is 6.01 Å². The maximum absolute atomic E-state index is 14.0. The summed E-state index contributed by atoms with van der Waals surface area (Å²) >= 11 is 0. The second-order valence-electron chi connectivity index (χ2n) is 9.27. The van der Waals surface area contributed by atoms with Gasteiger partial charge in [-0.25, -0.2) is 19.6 Å². The lowest BCUT2D eigenvalue weighted by molar-refractivity contribution is -0.289. The number of benzene rings is 2. The van der Waals surface area contributed by atoms with Crippen LogP contribution >= 0.6 is 0 Å². The van der Waals surface area contributed by atoms with Gasteiger partial charge in [0, 0.05) is 18.5 Å². The predicted molar refractivity (Wildman–Crippen MR) is 137 cm³/mol. The number of nitrogens with zero attached hydrogens (tertiary/aromatic N) is 2. The van der Waals surface area contributed by atoms with Crippen molar-refractivity contribution < 1.29 is 49.0 Å². The summed E-state index contributed by atoms with van der Waals surface area (Å²) in [4.78, 5) is 34.1. The molecule has 1 aromatic heterocycles. The number of carbonyl (C=O) groups is 2. The number of carboxylic acids is 1. The third-order valence-electron chi connectivity index (χ3n) is 6.54. The number of carboxylic acid groups (broad SMARTS) is 1. The first-order valence-electron chi connectivity index (χ1n) is 12.4. The molecule has 1 saturated heterocycles. The van der Waals surface area contributed by atoms with Crippen LogP contribution in [0.5, 0.6) is 6.01 Å². The quantitative estimate of drug-likeness (QED) is 0.275. The van der Waals surface area contributed by atoms with Crippen LogP contribution in [0.3, 0.4) is 0 Å². The number of aliphatic carboxylic acids is 1. The molecule has 2 heterocycles. The maximum atomic E-state index is 14.0. The van der Waals surface area contributed by atoms with E-state index in [2.05, 4.69) is 9.97 Å². The van der Waals surface area contributed by atoms with Crippen LogP contribution in [0.2, 0.25) is 0 Å². The number of rotatable bonds is 9. The van der Waals surface area contributed by atoms with E-state index in [1.807, 2.05) is 0 Å². The summed E-state index contributed by atoms with van der Waals surface area (Å²) in [6, 6.07) is 18.9. The zero-order chi connectivity index (χ0) is 29.0. The molecule has 1 fully saturated rings. The molecule has 0 aliphatic carbocycles. The van der Waals surface area contributed by atoms with Gasteiger partial charge in [0.2, 0.25) is 12.4 Å². The van der Waals surface area contributed by atoms with Crippen LogP contribution in [0, 0.1) is 13.8 Å². The average molecular weight is 555 g/mol. The second kappa shape index (κ2) is 12.1. The Balaban J connectivity index is 1.83. The Morgan fingerprint density at radius 3 is 1.88 bits per heavy atom. The number of carbonyl (C=O) groups excluding carboxylic acids is 1. The fourth-order valence-corrected chi connectivity index (χ4v) is 4.66. The van der Waals surface area contributed by atoms with Crippen molar-refractivity contribution in [3.05, 3.63) is 89.2 Å². The monoisotopic (exact) mass is 554 g/mol. The molecule has 6 atom stereocenters. The number of hydrogen-bond donors (Lipinski definition) is 4. The minimum atomic E-state index is -1.98. The maximum Gasteiger partial charge on any atom is 0.353 e. The lowest BCUT2D eigenvalue weighted by atomic mass is 9.81. The third kappa shape index (κ3) is 5.67. The van der Waals surface area contributed by atoms with E-state index in [4.69, 9.17) is 18.9 Å². The molecule has 0 spiro atoms. The van der Waals surface area contributed by atoms with E-state index in [1.54, 1.807) is 80.6 Å². The first kappa shape index (κ1) is 29.1. The minimum absolute atomic E-state index is 0.170. The van der Waals surface area contributed by atoms with E-state index in [9.17, 15) is 30.0 Å². The summed E-state index contributed by atoms with van der Waals surface area (Å²) in [7, 11) is 1.37. The van der Waals surface area contributed by atoms with E-state index in [-0.39, 0.29) is 6.01 Å². The van der Waals surface area contributed by atoms with E-state index in [1.165, 1.54) is 7.11 Å². The highest BCUT2D eigenvalue weighted by molar-refractivity contribution is 5.79. The highest BCUT2D eigenvalue weighted by Crippen LogP contribution is 2.39. The molecule has 0 radical (unpaired) electrons. The summed E-state index contributed by atoms with van der Waals surface area (Å²) in [6.45, 7) is 3.44. The van der Waals surface area contributed by atoms with Gasteiger partial charge in [-0.2, -0.15) is 0 Å². The van der Waals surface area contributed by atoms with Crippen molar-refractivity contribution in [1.29, 1.82) is 0 Å². The molecule has 4 rings (SSSR count). The smallest absolute Gasteiger partial charge is 0.353 e. The van der Waals surface area contributed by atoms with Gasteiger partial charge in [-0.15, -0.1) is 0 Å². The van der Waals surface area contributed by atoms with Gasteiger partial charge in [-0.05, 0) is 31.0 Å². The molecule has 2 aromatic carbocycles. The summed E-state index contributed by atoms with van der Waals surface area (Å²) in [6.07, 6.45) is -11.6. The van der Waals surface area contributed by atoms with Crippen molar-refractivity contribution in [2.24, 2.45) is 0 Å². The van der Waals surface area contributed by atoms with Gasteiger partial charge in [0.1, 0.15) is 18.3 Å². The zero-order valence-corrected chi connectivity index (χ0v) is 21.9. The van der Waals surface area contributed by atoms with Gasteiger partial charge in [-0.1, -0.05) is 60.7 Å². The molecule has 3 unspecified atom stereocenters. The van der Waals surface area contributed by atoms with Crippen molar-refractivity contribution in [3.63, 3.8) is 0 Å². The Bertz CT molecular complexity index is 1260. The molecule has 212 valence electrons. The Labute approximate surface area is 229 Å². The molecule has 3 aromatic rings. The van der Waals surface area contributed by atoms with Crippen LogP contribution in [0.4, 0.5) is 0 Å². The third-order valence-corrected chi connectivity index (χ3v) is 6.54. The van der Waals surface area contributed by atoms with Gasteiger partial charge < -0.3 is 39.4 Å². The largest absolute Gasteiger partial charge is 0.479 e. The van der Waals surface area contributed by atoms with E-state index in [0.29, 0.717) is 22.5 Å². The number of esters is 1. The number of hydrogen-bond acceptors (Lipinski definition) is 11. The zero-order valence-electron chi connectivity index (χ0n) is 21.9. The predicted octanol–water partition coefficient (Wildman–Crippen LogP) is 0.866. The fourth-order valence-electron chi connectivity index (χ4n) is 4.66. The van der Waals surface area contributed by atoms with E-state index in [0.717, 1.165) is 0 Å². The number of methoxy groups -OCH3 is 1. The first-order valence-corrected chi connectivity index (χ1v) is 12.4. The normalized spacial score (nSPS) is 23.7. The Hall–Kier alpha value is -3.94. The number of aliphatic hydroxyl groups is 3. The highest BCUT2D eigenvalue weighted by atomic mass is 16.7. The number of aliphatic hydroxyl groups excluding tert-OH is 3. The molecule has 4 N–H and O–H groups in total. The van der Waals surface area contributed by atoms with Crippen LogP contribution in [0.25, 0.3) is 0 Å². The second-order valence-corrected chi connectivity index (χ2v) is 9.27. The molecule has 1 aliphatic rings. The Morgan fingerprint density at radius 2 is 1.40 bits per heavy atom. The molecule has 12 nitrogen and oxygen atoms in total. The molecule has 1 aliphatic heterocycles. The standard InChI is InChI=1S/C28H30N2O10/c1-15-14-16(2)30-27(29-15)39-23(25(36)40-26-21(33)19(31)20(32)22(38-26)24(34)35)28(37-3,17-10-6-4-7-11-17)18-12-8-5-9-13-18/h4-14,19-23,26,31-33H,1-3H3,(H,34,35)/t19?,20-,21-,22?,23?,26-/m0/s1. The van der Waals surface area contributed by atoms with Crippen molar-refractivity contribution in [1.82, 2.24) is 9.97 Å². The number of ether oxygens (including phenoxy) is 4. The fraction of sp³-hybridized carbons (Fsp3) is 0.357. The van der Waals surface area contributed by atoms with E-state index >= 15 is 0 Å². The molecule has 0 bridgehead atoms.